The summed E-state index contributed by atoms with van der Waals surface area (Å²) in [5.41, 5.74) is -1.64. The first-order chi connectivity index (χ1) is 8.36. The van der Waals surface area contributed by atoms with E-state index in [4.69, 9.17) is 0 Å². The zero-order chi connectivity index (χ0) is 13.8. The first-order valence-corrected chi connectivity index (χ1v) is 5.76. The number of carbonyl (C=O) groups is 1. The Bertz CT molecular complexity index is 423. The minimum absolute atomic E-state index is 0.0143. The molecule has 1 aromatic carbocycles. The molecule has 0 bridgehead atoms. The second kappa shape index (κ2) is 5.98. The Morgan fingerprint density at radius 2 is 1.89 bits per heavy atom. The Labute approximate surface area is 103 Å². The van der Waals surface area contributed by atoms with Crippen LogP contribution in [-0.2, 0) is 6.18 Å². The Morgan fingerprint density at radius 3 is 2.44 bits per heavy atom. The third kappa shape index (κ3) is 3.82. The van der Waals surface area contributed by atoms with E-state index in [9.17, 15) is 22.4 Å². The maximum Gasteiger partial charge on any atom is 0.417 e. The molecule has 0 N–H and O–H groups in total. The van der Waals surface area contributed by atoms with Crippen molar-refractivity contribution < 1.29 is 22.4 Å². The molecule has 0 aliphatic heterocycles. The molecule has 0 saturated carbocycles. The van der Waals surface area contributed by atoms with Crippen LogP contribution in [0.25, 0.3) is 0 Å². The number of hydrogen-bond acceptors (Lipinski definition) is 1. The summed E-state index contributed by atoms with van der Waals surface area (Å²) in [5, 5.41) is 0. The lowest BCUT2D eigenvalue weighted by Crippen LogP contribution is -2.13. The van der Waals surface area contributed by atoms with Gasteiger partial charge in [-0.1, -0.05) is 19.8 Å². The molecule has 0 fully saturated rings. The monoisotopic (exact) mass is 262 g/mol. The van der Waals surface area contributed by atoms with Gasteiger partial charge in [0.1, 0.15) is 5.82 Å². The molecule has 0 amide bonds. The summed E-state index contributed by atoms with van der Waals surface area (Å²) in [6.07, 6.45) is -2.47. The van der Waals surface area contributed by atoms with E-state index in [1.165, 1.54) is 0 Å². The fourth-order valence-corrected chi connectivity index (χ4v) is 1.66. The van der Waals surface area contributed by atoms with Crippen molar-refractivity contribution in [3.63, 3.8) is 0 Å². The van der Waals surface area contributed by atoms with Gasteiger partial charge >= 0.3 is 6.18 Å². The van der Waals surface area contributed by atoms with Crippen LogP contribution in [0.15, 0.2) is 18.2 Å². The molecular formula is C13H14F4O. The van der Waals surface area contributed by atoms with Crippen molar-refractivity contribution in [2.75, 3.05) is 0 Å². The van der Waals surface area contributed by atoms with Gasteiger partial charge in [0.2, 0.25) is 0 Å². The zero-order valence-corrected chi connectivity index (χ0v) is 9.98. The normalized spacial score (nSPS) is 11.6. The Kier molecular flexibility index (Phi) is 4.87. The van der Waals surface area contributed by atoms with Crippen LogP contribution in [-0.4, -0.2) is 5.78 Å². The van der Waals surface area contributed by atoms with E-state index in [1.807, 2.05) is 6.92 Å². The second-order valence-corrected chi connectivity index (χ2v) is 4.07. The molecule has 0 saturated heterocycles. The largest absolute Gasteiger partial charge is 0.417 e. The van der Waals surface area contributed by atoms with Gasteiger partial charge in [0.15, 0.2) is 5.78 Å². The van der Waals surface area contributed by atoms with Gasteiger partial charge in [-0.05, 0) is 24.6 Å². The highest BCUT2D eigenvalue weighted by molar-refractivity contribution is 5.97. The van der Waals surface area contributed by atoms with Crippen LogP contribution in [0.5, 0.6) is 0 Å². The minimum atomic E-state index is -4.64. The van der Waals surface area contributed by atoms with Crippen molar-refractivity contribution in [1.29, 1.82) is 0 Å². The highest BCUT2D eigenvalue weighted by atomic mass is 19.4. The smallest absolute Gasteiger partial charge is 0.294 e. The maximum absolute atomic E-state index is 13.0. The lowest BCUT2D eigenvalue weighted by molar-refractivity contribution is -0.137. The summed E-state index contributed by atoms with van der Waals surface area (Å²) < 4.78 is 50.9. The summed E-state index contributed by atoms with van der Waals surface area (Å²) in [4.78, 5) is 11.7. The van der Waals surface area contributed by atoms with Gasteiger partial charge in [0.05, 0.1) is 5.56 Å². The third-order valence-electron chi connectivity index (χ3n) is 2.59. The number of benzene rings is 1. The van der Waals surface area contributed by atoms with Gasteiger partial charge in [-0.3, -0.25) is 4.79 Å². The average Bonchev–Trinajstić information content (AvgIpc) is 2.27. The van der Waals surface area contributed by atoms with Crippen LogP contribution in [0.1, 0.15) is 48.5 Å². The highest BCUT2D eigenvalue weighted by Crippen LogP contribution is 2.33. The summed E-state index contributed by atoms with van der Waals surface area (Å²) in [6.45, 7) is 1.92. The molecule has 1 aromatic rings. The number of ketones is 1. The molecule has 0 radical (unpaired) electrons. The predicted molar refractivity (Wildman–Crippen MR) is 59.9 cm³/mol. The summed E-state index contributed by atoms with van der Waals surface area (Å²) in [6, 6.07) is 1.99. The fourth-order valence-electron chi connectivity index (χ4n) is 1.66. The van der Waals surface area contributed by atoms with Crippen molar-refractivity contribution in [3.05, 3.63) is 35.1 Å². The molecule has 1 rings (SSSR count). The second-order valence-electron chi connectivity index (χ2n) is 4.07. The Balaban J connectivity index is 2.98. The van der Waals surface area contributed by atoms with E-state index < -0.39 is 28.9 Å². The van der Waals surface area contributed by atoms with Crippen molar-refractivity contribution in [2.24, 2.45) is 0 Å². The van der Waals surface area contributed by atoms with E-state index in [2.05, 4.69) is 0 Å². The lowest BCUT2D eigenvalue weighted by atomic mass is 9.99. The topological polar surface area (TPSA) is 17.1 Å². The van der Waals surface area contributed by atoms with E-state index in [-0.39, 0.29) is 6.42 Å². The molecule has 18 heavy (non-hydrogen) atoms. The van der Waals surface area contributed by atoms with Crippen molar-refractivity contribution >= 4 is 5.78 Å². The van der Waals surface area contributed by atoms with Crippen LogP contribution in [0.2, 0.25) is 0 Å². The zero-order valence-electron chi connectivity index (χ0n) is 9.98. The fraction of sp³-hybridized carbons (Fsp3) is 0.462. The standard InChI is InChI=1S/C13H14F4O/c1-2-3-4-5-12(18)10-8-9(14)6-7-11(10)13(15,16)17/h6-8H,2-5H2,1H3. The van der Waals surface area contributed by atoms with Crippen LogP contribution in [0.3, 0.4) is 0 Å². The molecule has 1 nitrogen and oxygen atoms in total. The number of hydrogen-bond donors (Lipinski definition) is 0. The Morgan fingerprint density at radius 1 is 1.22 bits per heavy atom. The first kappa shape index (κ1) is 14.7. The van der Waals surface area contributed by atoms with E-state index in [1.54, 1.807) is 0 Å². The summed E-state index contributed by atoms with van der Waals surface area (Å²) >= 11 is 0. The maximum atomic E-state index is 13.0. The average molecular weight is 262 g/mol. The number of halogens is 4. The van der Waals surface area contributed by atoms with Crippen LogP contribution < -0.4 is 0 Å². The molecule has 0 spiro atoms. The van der Waals surface area contributed by atoms with Crippen molar-refractivity contribution in [1.82, 2.24) is 0 Å². The molecule has 0 aliphatic rings. The lowest BCUT2D eigenvalue weighted by Gasteiger charge is -2.12. The van der Waals surface area contributed by atoms with Gasteiger partial charge in [0, 0.05) is 12.0 Å². The van der Waals surface area contributed by atoms with Gasteiger partial charge < -0.3 is 0 Å². The molecule has 0 unspecified atom stereocenters. The molecule has 0 aromatic heterocycles. The van der Waals surface area contributed by atoms with E-state index >= 15 is 0 Å². The number of unbranched alkanes of at least 4 members (excludes halogenated alkanes) is 2. The number of rotatable bonds is 5. The molecule has 100 valence electrons. The Hall–Kier alpha value is -1.39. The molecular weight excluding hydrogens is 248 g/mol. The van der Waals surface area contributed by atoms with Crippen molar-refractivity contribution in [2.45, 2.75) is 38.8 Å². The molecule has 5 heteroatoms. The van der Waals surface area contributed by atoms with Crippen molar-refractivity contribution in [3.8, 4) is 0 Å². The third-order valence-corrected chi connectivity index (χ3v) is 2.59. The van der Waals surface area contributed by atoms with Gasteiger partial charge in [-0.15, -0.1) is 0 Å². The van der Waals surface area contributed by atoms with Crippen LogP contribution in [0.4, 0.5) is 17.6 Å². The van der Waals surface area contributed by atoms with Crippen LogP contribution in [0, 0.1) is 5.82 Å². The van der Waals surface area contributed by atoms with Gasteiger partial charge in [-0.2, -0.15) is 13.2 Å². The first-order valence-electron chi connectivity index (χ1n) is 5.76. The molecule has 0 heterocycles. The number of alkyl halides is 3. The number of Topliss-reactive ketones (excluding diaryl/α,β-unsaturated/α-hetero) is 1. The van der Waals surface area contributed by atoms with Crippen LogP contribution >= 0.6 is 0 Å². The molecule has 0 aliphatic carbocycles. The quantitative estimate of drug-likeness (QED) is 0.430. The van der Waals surface area contributed by atoms with E-state index in [0.717, 1.165) is 12.8 Å². The number of carbonyl (C=O) groups excluding carboxylic acids is 1. The van der Waals surface area contributed by atoms with Gasteiger partial charge in [-0.25, -0.2) is 4.39 Å². The van der Waals surface area contributed by atoms with E-state index in [0.29, 0.717) is 24.6 Å². The summed E-state index contributed by atoms with van der Waals surface area (Å²) in [5.74, 6) is -1.49. The predicted octanol–water partition coefficient (Wildman–Crippen LogP) is 4.61. The molecule has 0 atom stereocenters. The highest BCUT2D eigenvalue weighted by Gasteiger charge is 2.35. The minimum Gasteiger partial charge on any atom is -0.294 e. The summed E-state index contributed by atoms with van der Waals surface area (Å²) in [7, 11) is 0. The van der Waals surface area contributed by atoms with Gasteiger partial charge in [0.25, 0.3) is 0 Å². The SMILES string of the molecule is CCCCCC(=O)c1cc(F)ccc1C(F)(F)F.